The number of benzene rings is 1. The summed E-state index contributed by atoms with van der Waals surface area (Å²) in [5, 5.41) is 11.6. The third-order valence-corrected chi connectivity index (χ3v) is 2.97. The summed E-state index contributed by atoms with van der Waals surface area (Å²) >= 11 is 0. The molecule has 0 heterocycles. The zero-order valence-corrected chi connectivity index (χ0v) is 11.9. The van der Waals surface area contributed by atoms with Gasteiger partial charge in [0.1, 0.15) is 6.04 Å². The SMILES string of the molecule is CC(C)CC(NC(=O)CC(N)c1ccccc1)C(=O)O. The minimum absolute atomic E-state index is 0.0753. The van der Waals surface area contributed by atoms with Crippen LogP contribution in [-0.2, 0) is 9.59 Å². The number of aliphatic carboxylic acids is 1. The molecule has 4 N–H and O–H groups in total. The lowest BCUT2D eigenvalue weighted by Gasteiger charge is -2.18. The van der Waals surface area contributed by atoms with Crippen molar-refractivity contribution < 1.29 is 14.7 Å². The first kappa shape index (κ1) is 16.2. The van der Waals surface area contributed by atoms with Crippen LogP contribution in [-0.4, -0.2) is 23.0 Å². The number of carbonyl (C=O) groups excluding carboxylic acids is 1. The van der Waals surface area contributed by atoms with E-state index in [9.17, 15) is 9.59 Å². The Hall–Kier alpha value is -1.88. The molecule has 0 aromatic heterocycles. The van der Waals surface area contributed by atoms with Crippen LogP contribution in [0.4, 0.5) is 0 Å². The highest BCUT2D eigenvalue weighted by Gasteiger charge is 2.22. The lowest BCUT2D eigenvalue weighted by Crippen LogP contribution is -2.42. The average Bonchev–Trinajstić information content (AvgIpc) is 2.38. The summed E-state index contributed by atoms with van der Waals surface area (Å²) in [4.78, 5) is 22.9. The maximum atomic E-state index is 11.9. The predicted octanol–water partition coefficient (Wildman–Crippen LogP) is 1.69. The summed E-state index contributed by atoms with van der Waals surface area (Å²) in [6.45, 7) is 3.83. The fraction of sp³-hybridized carbons (Fsp3) is 0.467. The number of rotatable bonds is 7. The largest absolute Gasteiger partial charge is 0.480 e. The van der Waals surface area contributed by atoms with E-state index in [4.69, 9.17) is 10.8 Å². The Balaban J connectivity index is 2.55. The third kappa shape index (κ3) is 5.40. The maximum Gasteiger partial charge on any atom is 0.326 e. The van der Waals surface area contributed by atoms with Gasteiger partial charge in [0.2, 0.25) is 5.91 Å². The Morgan fingerprint density at radius 1 is 1.25 bits per heavy atom. The molecule has 0 saturated carbocycles. The molecule has 5 heteroatoms. The second kappa shape index (κ2) is 7.65. The standard InChI is InChI=1S/C15H22N2O3/c1-10(2)8-13(15(19)20)17-14(18)9-12(16)11-6-4-3-5-7-11/h3-7,10,12-13H,8-9,16H2,1-2H3,(H,17,18)(H,19,20). The number of nitrogens with one attached hydrogen (secondary N) is 1. The zero-order valence-electron chi connectivity index (χ0n) is 11.9. The third-order valence-electron chi connectivity index (χ3n) is 2.97. The van der Waals surface area contributed by atoms with Crippen molar-refractivity contribution in [1.29, 1.82) is 0 Å². The lowest BCUT2D eigenvalue weighted by molar-refractivity contribution is -0.142. The molecule has 5 nitrogen and oxygen atoms in total. The van der Waals surface area contributed by atoms with Crippen LogP contribution in [0.3, 0.4) is 0 Å². The van der Waals surface area contributed by atoms with E-state index in [2.05, 4.69) is 5.32 Å². The Kier molecular flexibility index (Phi) is 6.18. The molecule has 0 aliphatic heterocycles. The fourth-order valence-corrected chi connectivity index (χ4v) is 1.96. The molecule has 1 aromatic rings. The van der Waals surface area contributed by atoms with E-state index in [1.54, 1.807) is 0 Å². The Morgan fingerprint density at radius 2 is 1.85 bits per heavy atom. The van der Waals surface area contributed by atoms with Gasteiger partial charge in [0, 0.05) is 12.5 Å². The molecule has 20 heavy (non-hydrogen) atoms. The van der Waals surface area contributed by atoms with Crippen molar-refractivity contribution in [3.05, 3.63) is 35.9 Å². The molecule has 0 aliphatic rings. The molecular formula is C15H22N2O3. The minimum atomic E-state index is -1.01. The summed E-state index contributed by atoms with van der Waals surface area (Å²) in [5.41, 5.74) is 6.80. The van der Waals surface area contributed by atoms with E-state index in [1.807, 2.05) is 44.2 Å². The number of hydrogen-bond donors (Lipinski definition) is 3. The van der Waals surface area contributed by atoms with Gasteiger partial charge in [-0.1, -0.05) is 44.2 Å². The second-order valence-electron chi connectivity index (χ2n) is 5.31. The summed E-state index contributed by atoms with van der Waals surface area (Å²) < 4.78 is 0. The second-order valence-corrected chi connectivity index (χ2v) is 5.31. The van der Waals surface area contributed by atoms with E-state index in [0.29, 0.717) is 6.42 Å². The smallest absolute Gasteiger partial charge is 0.326 e. The molecule has 1 rings (SSSR count). The normalized spacial score (nSPS) is 13.8. The van der Waals surface area contributed by atoms with Crippen molar-refractivity contribution in [2.75, 3.05) is 0 Å². The Bertz CT molecular complexity index is 446. The van der Waals surface area contributed by atoms with Gasteiger partial charge in [0.25, 0.3) is 0 Å². The van der Waals surface area contributed by atoms with Crippen molar-refractivity contribution in [1.82, 2.24) is 5.32 Å². The quantitative estimate of drug-likeness (QED) is 0.707. The van der Waals surface area contributed by atoms with E-state index >= 15 is 0 Å². The van der Waals surface area contributed by atoms with Crippen LogP contribution in [0.2, 0.25) is 0 Å². The molecule has 1 aromatic carbocycles. The summed E-state index contributed by atoms with van der Waals surface area (Å²) in [6, 6.07) is 7.99. The van der Waals surface area contributed by atoms with E-state index in [0.717, 1.165) is 5.56 Å². The summed E-state index contributed by atoms with van der Waals surface area (Å²) in [5.74, 6) is -1.16. The number of amides is 1. The number of carboxylic acids is 1. The van der Waals surface area contributed by atoms with Gasteiger partial charge in [-0.2, -0.15) is 0 Å². The van der Waals surface area contributed by atoms with Crippen molar-refractivity contribution in [2.24, 2.45) is 11.7 Å². The number of nitrogens with two attached hydrogens (primary N) is 1. The maximum absolute atomic E-state index is 11.9. The zero-order chi connectivity index (χ0) is 15.1. The molecule has 0 bridgehead atoms. The van der Waals surface area contributed by atoms with Crippen LogP contribution in [0.15, 0.2) is 30.3 Å². The highest BCUT2D eigenvalue weighted by atomic mass is 16.4. The lowest BCUT2D eigenvalue weighted by atomic mass is 10.0. The topological polar surface area (TPSA) is 92.4 Å². The first-order chi connectivity index (χ1) is 9.40. The molecule has 0 radical (unpaired) electrons. The first-order valence-corrected chi connectivity index (χ1v) is 6.72. The first-order valence-electron chi connectivity index (χ1n) is 6.72. The van der Waals surface area contributed by atoms with Crippen molar-refractivity contribution in [3.8, 4) is 0 Å². The Labute approximate surface area is 119 Å². The highest BCUT2D eigenvalue weighted by molar-refractivity contribution is 5.83. The fourth-order valence-electron chi connectivity index (χ4n) is 1.96. The van der Waals surface area contributed by atoms with Crippen LogP contribution in [0.25, 0.3) is 0 Å². The molecular weight excluding hydrogens is 256 g/mol. The number of hydrogen-bond acceptors (Lipinski definition) is 3. The number of carbonyl (C=O) groups is 2. The van der Waals surface area contributed by atoms with Gasteiger partial charge in [-0.3, -0.25) is 4.79 Å². The monoisotopic (exact) mass is 278 g/mol. The van der Waals surface area contributed by atoms with Gasteiger partial charge in [0.05, 0.1) is 0 Å². The van der Waals surface area contributed by atoms with Gasteiger partial charge in [-0.25, -0.2) is 4.79 Å². The van der Waals surface area contributed by atoms with Gasteiger partial charge >= 0.3 is 5.97 Å². The molecule has 1 amide bonds. The molecule has 0 fully saturated rings. The average molecular weight is 278 g/mol. The van der Waals surface area contributed by atoms with Gasteiger partial charge < -0.3 is 16.2 Å². The highest BCUT2D eigenvalue weighted by Crippen LogP contribution is 2.13. The van der Waals surface area contributed by atoms with Gasteiger partial charge in [-0.15, -0.1) is 0 Å². The van der Waals surface area contributed by atoms with Crippen LogP contribution in [0.5, 0.6) is 0 Å². The van der Waals surface area contributed by atoms with Crippen molar-refractivity contribution in [2.45, 2.75) is 38.8 Å². The van der Waals surface area contributed by atoms with E-state index < -0.39 is 18.1 Å². The van der Waals surface area contributed by atoms with Crippen LogP contribution >= 0.6 is 0 Å². The minimum Gasteiger partial charge on any atom is -0.480 e. The molecule has 0 saturated heterocycles. The predicted molar refractivity (Wildman–Crippen MR) is 77.0 cm³/mol. The molecule has 0 aliphatic carbocycles. The molecule has 2 atom stereocenters. The number of carboxylic acid groups (broad SMARTS) is 1. The van der Waals surface area contributed by atoms with Crippen molar-refractivity contribution in [3.63, 3.8) is 0 Å². The van der Waals surface area contributed by atoms with Crippen molar-refractivity contribution >= 4 is 11.9 Å². The van der Waals surface area contributed by atoms with E-state index in [1.165, 1.54) is 0 Å². The van der Waals surface area contributed by atoms with Gasteiger partial charge in [-0.05, 0) is 17.9 Å². The van der Waals surface area contributed by atoms with Crippen LogP contribution in [0, 0.1) is 5.92 Å². The summed E-state index contributed by atoms with van der Waals surface area (Å²) in [7, 11) is 0. The summed E-state index contributed by atoms with van der Waals surface area (Å²) in [6.07, 6.45) is 0.480. The molecule has 2 unspecified atom stereocenters. The van der Waals surface area contributed by atoms with Crippen LogP contribution in [0.1, 0.15) is 38.3 Å². The van der Waals surface area contributed by atoms with Crippen LogP contribution < -0.4 is 11.1 Å². The van der Waals surface area contributed by atoms with E-state index in [-0.39, 0.29) is 18.2 Å². The molecule has 110 valence electrons. The molecule has 0 spiro atoms. The Morgan fingerprint density at radius 3 is 2.35 bits per heavy atom. The van der Waals surface area contributed by atoms with Gasteiger partial charge in [0.15, 0.2) is 0 Å².